The van der Waals surface area contributed by atoms with Crippen molar-refractivity contribution < 1.29 is 9.72 Å². The minimum absolute atomic E-state index is 0.129. The summed E-state index contributed by atoms with van der Waals surface area (Å²) >= 11 is 1.31. The van der Waals surface area contributed by atoms with Crippen molar-refractivity contribution in [2.45, 2.75) is 17.3 Å². The first-order valence-electron chi connectivity index (χ1n) is 7.60. The van der Waals surface area contributed by atoms with Crippen molar-refractivity contribution in [2.24, 2.45) is 7.05 Å². The summed E-state index contributed by atoms with van der Waals surface area (Å²) in [6.45, 7) is 1.74. The molecule has 0 bridgehead atoms. The number of nitrogens with zero attached hydrogens (tertiary/aromatic N) is 3. The second-order valence-corrected chi connectivity index (χ2v) is 6.77. The number of imidazole rings is 1. The van der Waals surface area contributed by atoms with Crippen LogP contribution in [0.2, 0.25) is 0 Å². The summed E-state index contributed by atoms with van der Waals surface area (Å²) in [6.07, 6.45) is 0. The molecule has 0 fully saturated rings. The molecule has 3 aromatic rings. The number of hydrogen-bond acceptors (Lipinski definition) is 5. The number of thioether (sulfide) groups is 1. The summed E-state index contributed by atoms with van der Waals surface area (Å²) in [5.74, 6) is -0.314. The van der Waals surface area contributed by atoms with Crippen LogP contribution in [0.3, 0.4) is 0 Å². The third-order valence-electron chi connectivity index (χ3n) is 3.76. The van der Waals surface area contributed by atoms with Gasteiger partial charge in [0.25, 0.3) is 5.69 Å². The van der Waals surface area contributed by atoms with Crippen molar-refractivity contribution in [1.29, 1.82) is 0 Å². The molecule has 0 radical (unpaired) electrons. The van der Waals surface area contributed by atoms with Crippen LogP contribution in [0, 0.1) is 10.1 Å². The molecular formula is C17H16N4O3S. The Bertz CT molecular complexity index is 954. The number of hydrogen-bond donors (Lipinski definition) is 1. The number of nitro benzene ring substituents is 1. The number of amides is 1. The SMILES string of the molecule is CC(Sc1nc2ccccc2n1C)C(=O)Nc1ccccc1[N+](=O)[O-]. The van der Waals surface area contributed by atoms with Gasteiger partial charge in [-0.1, -0.05) is 36.0 Å². The molecule has 3 rings (SSSR count). The fraction of sp³-hybridized carbons (Fsp3) is 0.176. The molecule has 25 heavy (non-hydrogen) atoms. The molecular weight excluding hydrogens is 340 g/mol. The van der Waals surface area contributed by atoms with Gasteiger partial charge in [0.05, 0.1) is 21.2 Å². The van der Waals surface area contributed by atoms with Gasteiger partial charge in [-0.3, -0.25) is 14.9 Å². The monoisotopic (exact) mass is 356 g/mol. The lowest BCUT2D eigenvalue weighted by atomic mass is 10.2. The average Bonchev–Trinajstić information content (AvgIpc) is 2.91. The number of carbonyl (C=O) groups is 1. The Morgan fingerprint density at radius 2 is 1.92 bits per heavy atom. The molecule has 1 heterocycles. The Labute approximate surface area is 148 Å². The number of aryl methyl sites for hydroxylation is 1. The van der Waals surface area contributed by atoms with Gasteiger partial charge in [-0.15, -0.1) is 0 Å². The van der Waals surface area contributed by atoms with E-state index >= 15 is 0 Å². The summed E-state index contributed by atoms with van der Waals surface area (Å²) < 4.78 is 1.93. The zero-order valence-electron chi connectivity index (χ0n) is 13.7. The minimum atomic E-state index is -0.515. The molecule has 128 valence electrons. The third-order valence-corrected chi connectivity index (χ3v) is 4.90. The van der Waals surface area contributed by atoms with Gasteiger partial charge >= 0.3 is 0 Å². The Hall–Kier alpha value is -2.87. The molecule has 2 aromatic carbocycles. The van der Waals surface area contributed by atoms with Gasteiger partial charge in [-0.05, 0) is 25.1 Å². The molecule has 0 aliphatic heterocycles. The van der Waals surface area contributed by atoms with Crippen LogP contribution in [-0.2, 0) is 11.8 Å². The number of benzene rings is 2. The second kappa shape index (κ2) is 6.94. The molecule has 0 spiro atoms. The van der Waals surface area contributed by atoms with Gasteiger partial charge in [0.2, 0.25) is 5.91 Å². The van der Waals surface area contributed by atoms with Crippen LogP contribution >= 0.6 is 11.8 Å². The van der Waals surface area contributed by atoms with E-state index in [0.717, 1.165) is 11.0 Å². The first-order chi connectivity index (χ1) is 12.0. The molecule has 0 aliphatic rings. The van der Waals surface area contributed by atoms with Crippen molar-refractivity contribution in [1.82, 2.24) is 9.55 Å². The van der Waals surface area contributed by atoms with E-state index < -0.39 is 10.2 Å². The maximum Gasteiger partial charge on any atom is 0.292 e. The first kappa shape index (κ1) is 17.0. The zero-order valence-corrected chi connectivity index (χ0v) is 14.5. The molecule has 0 aliphatic carbocycles. The number of carbonyl (C=O) groups excluding carboxylic acids is 1. The summed E-state index contributed by atoms with van der Waals surface area (Å²) in [6, 6.07) is 13.8. The minimum Gasteiger partial charge on any atom is -0.322 e. The number of para-hydroxylation sites is 4. The quantitative estimate of drug-likeness (QED) is 0.428. The number of nitro groups is 1. The van der Waals surface area contributed by atoms with Crippen molar-refractivity contribution >= 4 is 40.1 Å². The second-order valence-electron chi connectivity index (χ2n) is 5.47. The zero-order chi connectivity index (χ0) is 18.0. The summed E-state index contributed by atoms with van der Waals surface area (Å²) in [5.41, 5.74) is 1.90. The van der Waals surface area contributed by atoms with Gasteiger partial charge in [-0.25, -0.2) is 4.98 Å². The molecule has 1 atom stereocenters. The molecule has 1 unspecified atom stereocenters. The lowest BCUT2D eigenvalue weighted by molar-refractivity contribution is -0.383. The summed E-state index contributed by atoms with van der Waals surface area (Å²) in [5, 5.41) is 13.9. The standard InChI is InChI=1S/C17H16N4O3S/c1-11(16(22)18-13-8-4-6-10-15(13)21(23)24)25-17-19-12-7-3-5-9-14(12)20(17)2/h3-11H,1-2H3,(H,18,22). The van der Waals surface area contributed by atoms with Crippen LogP contribution in [0.25, 0.3) is 11.0 Å². The predicted molar refractivity (Wildman–Crippen MR) is 97.8 cm³/mol. The highest BCUT2D eigenvalue weighted by Crippen LogP contribution is 2.28. The molecule has 1 aromatic heterocycles. The van der Waals surface area contributed by atoms with Crippen molar-refractivity contribution in [3.8, 4) is 0 Å². The van der Waals surface area contributed by atoms with E-state index in [2.05, 4.69) is 10.3 Å². The van der Waals surface area contributed by atoms with E-state index in [1.54, 1.807) is 19.1 Å². The van der Waals surface area contributed by atoms with E-state index in [9.17, 15) is 14.9 Å². The Morgan fingerprint density at radius 1 is 1.24 bits per heavy atom. The maximum absolute atomic E-state index is 12.4. The largest absolute Gasteiger partial charge is 0.322 e. The lowest BCUT2D eigenvalue weighted by Crippen LogP contribution is -2.23. The normalized spacial score (nSPS) is 12.1. The van der Waals surface area contributed by atoms with Crippen LogP contribution in [0.1, 0.15) is 6.92 Å². The van der Waals surface area contributed by atoms with Gasteiger partial charge < -0.3 is 9.88 Å². The smallest absolute Gasteiger partial charge is 0.292 e. The number of anilines is 1. The highest BCUT2D eigenvalue weighted by Gasteiger charge is 2.21. The van der Waals surface area contributed by atoms with E-state index in [4.69, 9.17) is 0 Å². The van der Waals surface area contributed by atoms with Crippen LogP contribution in [0.15, 0.2) is 53.7 Å². The van der Waals surface area contributed by atoms with E-state index in [-0.39, 0.29) is 17.3 Å². The Balaban J connectivity index is 1.77. The van der Waals surface area contributed by atoms with E-state index in [1.807, 2.05) is 35.9 Å². The van der Waals surface area contributed by atoms with Crippen molar-refractivity contribution in [3.63, 3.8) is 0 Å². The number of rotatable bonds is 5. The topological polar surface area (TPSA) is 90.1 Å². The van der Waals surface area contributed by atoms with Crippen molar-refractivity contribution in [3.05, 3.63) is 58.6 Å². The lowest BCUT2D eigenvalue weighted by Gasteiger charge is -2.12. The first-order valence-corrected chi connectivity index (χ1v) is 8.47. The van der Waals surface area contributed by atoms with Gasteiger partial charge in [0, 0.05) is 13.1 Å². The molecule has 0 saturated heterocycles. The van der Waals surface area contributed by atoms with E-state index in [0.29, 0.717) is 5.16 Å². The highest BCUT2D eigenvalue weighted by molar-refractivity contribution is 8.00. The van der Waals surface area contributed by atoms with Crippen LogP contribution < -0.4 is 5.32 Å². The molecule has 8 heteroatoms. The van der Waals surface area contributed by atoms with Crippen LogP contribution in [0.4, 0.5) is 11.4 Å². The summed E-state index contributed by atoms with van der Waals surface area (Å²) in [7, 11) is 1.89. The fourth-order valence-electron chi connectivity index (χ4n) is 2.41. The Kier molecular flexibility index (Phi) is 4.71. The van der Waals surface area contributed by atoms with Crippen LogP contribution in [0.5, 0.6) is 0 Å². The average molecular weight is 356 g/mol. The number of aromatic nitrogens is 2. The third kappa shape index (κ3) is 3.48. The predicted octanol–water partition coefficient (Wildman–Crippen LogP) is 3.60. The van der Waals surface area contributed by atoms with Gasteiger partial charge in [0.1, 0.15) is 5.69 Å². The van der Waals surface area contributed by atoms with Gasteiger partial charge in [-0.2, -0.15) is 0 Å². The Morgan fingerprint density at radius 3 is 2.64 bits per heavy atom. The molecule has 0 saturated carbocycles. The fourth-order valence-corrected chi connectivity index (χ4v) is 3.30. The summed E-state index contributed by atoms with van der Waals surface area (Å²) in [4.78, 5) is 27.5. The molecule has 1 N–H and O–H groups in total. The van der Waals surface area contributed by atoms with Crippen LogP contribution in [-0.4, -0.2) is 25.6 Å². The van der Waals surface area contributed by atoms with Gasteiger partial charge in [0.15, 0.2) is 5.16 Å². The highest BCUT2D eigenvalue weighted by atomic mass is 32.2. The number of nitrogens with one attached hydrogen (secondary N) is 1. The molecule has 1 amide bonds. The van der Waals surface area contributed by atoms with Crippen molar-refractivity contribution in [2.75, 3.05) is 5.32 Å². The van der Waals surface area contributed by atoms with E-state index in [1.165, 1.54) is 23.9 Å². The molecule has 7 nitrogen and oxygen atoms in total. The number of fused-ring (bicyclic) bond motifs is 1. The maximum atomic E-state index is 12.4.